The van der Waals surface area contributed by atoms with E-state index in [4.69, 9.17) is 27.9 Å². The van der Waals surface area contributed by atoms with Gasteiger partial charge in [0.15, 0.2) is 0 Å². The van der Waals surface area contributed by atoms with Gasteiger partial charge in [-0.2, -0.15) is 0 Å². The summed E-state index contributed by atoms with van der Waals surface area (Å²) >= 11 is 11.9. The summed E-state index contributed by atoms with van der Waals surface area (Å²) in [4.78, 5) is 14.6. The molecule has 0 aromatic heterocycles. The first-order valence-corrected chi connectivity index (χ1v) is 8.13. The largest absolute Gasteiger partial charge is 0.497 e. The van der Waals surface area contributed by atoms with Crippen LogP contribution in [0.3, 0.4) is 0 Å². The van der Waals surface area contributed by atoms with E-state index in [2.05, 4.69) is 0 Å². The molecule has 0 saturated heterocycles. The molecule has 2 rings (SSSR count). The van der Waals surface area contributed by atoms with Gasteiger partial charge in [0, 0.05) is 12.1 Å². The fourth-order valence-corrected chi connectivity index (χ4v) is 2.77. The smallest absolute Gasteiger partial charge is 0.254 e. The van der Waals surface area contributed by atoms with E-state index < -0.39 is 0 Å². The number of benzene rings is 2. The molecular weight excluding hydrogens is 333 g/mol. The number of hydrogen-bond acceptors (Lipinski definition) is 2. The van der Waals surface area contributed by atoms with E-state index in [1.807, 2.05) is 38.1 Å². The Bertz CT molecular complexity index is 703. The third kappa shape index (κ3) is 3.98. The minimum absolute atomic E-state index is 0.0820. The average Bonchev–Trinajstić information content (AvgIpc) is 2.57. The van der Waals surface area contributed by atoms with Crippen LogP contribution in [-0.4, -0.2) is 24.5 Å². The monoisotopic (exact) mass is 351 g/mol. The molecule has 3 nitrogen and oxygen atoms in total. The molecular formula is C18H19Cl2NO2. The number of nitrogens with zero attached hydrogens (tertiary/aromatic N) is 1. The lowest BCUT2D eigenvalue weighted by molar-refractivity contribution is 0.0702. The summed E-state index contributed by atoms with van der Waals surface area (Å²) in [7, 11) is 1.63. The van der Waals surface area contributed by atoms with E-state index in [-0.39, 0.29) is 11.9 Å². The first kappa shape index (κ1) is 17.6. The van der Waals surface area contributed by atoms with E-state index >= 15 is 0 Å². The Morgan fingerprint density at radius 1 is 1.17 bits per heavy atom. The minimum atomic E-state index is -0.0861. The van der Waals surface area contributed by atoms with Crippen molar-refractivity contribution in [3.8, 4) is 5.75 Å². The topological polar surface area (TPSA) is 29.5 Å². The van der Waals surface area contributed by atoms with E-state index in [9.17, 15) is 4.79 Å². The number of methoxy groups -OCH3 is 1. The van der Waals surface area contributed by atoms with Crippen LogP contribution in [0.5, 0.6) is 5.75 Å². The molecule has 0 radical (unpaired) electrons. The molecule has 5 heteroatoms. The van der Waals surface area contributed by atoms with Crippen LogP contribution >= 0.6 is 23.2 Å². The van der Waals surface area contributed by atoms with Gasteiger partial charge < -0.3 is 9.64 Å². The standard InChI is InChI=1S/C18H19Cl2NO2/c1-4-21(12(2)13-6-5-7-15(10-13)23-3)18(22)14-8-9-16(19)17(20)11-14/h5-12H,4H2,1-3H3. The molecule has 0 bridgehead atoms. The lowest BCUT2D eigenvalue weighted by Crippen LogP contribution is -2.33. The van der Waals surface area contributed by atoms with Crippen molar-refractivity contribution in [3.63, 3.8) is 0 Å². The Morgan fingerprint density at radius 2 is 1.91 bits per heavy atom. The lowest BCUT2D eigenvalue weighted by atomic mass is 10.1. The summed E-state index contributed by atoms with van der Waals surface area (Å²) in [5.41, 5.74) is 1.54. The molecule has 1 unspecified atom stereocenters. The van der Waals surface area contributed by atoms with E-state index in [0.717, 1.165) is 11.3 Å². The van der Waals surface area contributed by atoms with Crippen molar-refractivity contribution in [3.05, 3.63) is 63.6 Å². The Labute approximate surface area is 146 Å². The van der Waals surface area contributed by atoms with Gasteiger partial charge in [0.1, 0.15) is 5.75 Å². The van der Waals surface area contributed by atoms with Crippen molar-refractivity contribution in [1.29, 1.82) is 0 Å². The second-order valence-corrected chi connectivity index (χ2v) is 5.99. The summed E-state index contributed by atoms with van der Waals surface area (Å²) in [6.07, 6.45) is 0. The number of halogens is 2. The molecule has 122 valence electrons. The number of rotatable bonds is 5. The van der Waals surface area contributed by atoms with Crippen molar-refractivity contribution in [2.24, 2.45) is 0 Å². The fourth-order valence-electron chi connectivity index (χ4n) is 2.47. The Morgan fingerprint density at radius 3 is 2.52 bits per heavy atom. The molecule has 1 amide bonds. The molecule has 0 fully saturated rings. The van der Waals surface area contributed by atoms with Crippen molar-refractivity contribution in [2.45, 2.75) is 19.9 Å². The van der Waals surface area contributed by atoms with Crippen LogP contribution in [0.2, 0.25) is 10.0 Å². The summed E-state index contributed by atoms with van der Waals surface area (Å²) in [5, 5.41) is 0.815. The van der Waals surface area contributed by atoms with E-state index in [1.54, 1.807) is 30.2 Å². The van der Waals surface area contributed by atoms with Crippen LogP contribution in [0, 0.1) is 0 Å². The first-order chi connectivity index (χ1) is 11.0. The van der Waals surface area contributed by atoms with Gasteiger partial charge in [-0.1, -0.05) is 35.3 Å². The normalized spacial score (nSPS) is 11.9. The summed E-state index contributed by atoms with van der Waals surface area (Å²) in [5.74, 6) is 0.689. The van der Waals surface area contributed by atoms with Crippen LogP contribution < -0.4 is 4.74 Å². The van der Waals surface area contributed by atoms with Gasteiger partial charge in [-0.15, -0.1) is 0 Å². The number of amides is 1. The average molecular weight is 352 g/mol. The zero-order valence-electron chi connectivity index (χ0n) is 13.3. The molecule has 23 heavy (non-hydrogen) atoms. The van der Waals surface area contributed by atoms with E-state index in [0.29, 0.717) is 22.2 Å². The molecule has 0 N–H and O–H groups in total. The van der Waals surface area contributed by atoms with Crippen LogP contribution in [-0.2, 0) is 0 Å². The number of hydrogen-bond donors (Lipinski definition) is 0. The summed E-state index contributed by atoms with van der Waals surface area (Å²) in [6, 6.07) is 12.6. The molecule has 0 aliphatic heterocycles. The molecule has 0 saturated carbocycles. The predicted octanol–water partition coefficient (Wildman–Crippen LogP) is 5.23. The maximum Gasteiger partial charge on any atom is 0.254 e. The summed E-state index contributed by atoms with van der Waals surface area (Å²) < 4.78 is 5.26. The molecule has 0 heterocycles. The summed E-state index contributed by atoms with van der Waals surface area (Å²) in [6.45, 7) is 4.53. The second-order valence-electron chi connectivity index (χ2n) is 5.17. The van der Waals surface area contributed by atoms with Crippen molar-refractivity contribution in [2.75, 3.05) is 13.7 Å². The van der Waals surface area contributed by atoms with Crippen LogP contribution in [0.1, 0.15) is 35.8 Å². The van der Waals surface area contributed by atoms with E-state index in [1.165, 1.54) is 0 Å². The SMILES string of the molecule is CCN(C(=O)c1ccc(Cl)c(Cl)c1)C(C)c1cccc(OC)c1. The third-order valence-corrected chi connectivity index (χ3v) is 4.55. The lowest BCUT2D eigenvalue weighted by Gasteiger charge is -2.29. The molecule has 2 aromatic rings. The van der Waals surface area contributed by atoms with Crippen molar-refractivity contribution >= 4 is 29.1 Å². The molecule has 0 spiro atoms. The maximum atomic E-state index is 12.8. The van der Waals surface area contributed by atoms with Crippen LogP contribution in [0.25, 0.3) is 0 Å². The zero-order valence-corrected chi connectivity index (χ0v) is 14.9. The molecule has 0 aliphatic rings. The van der Waals surface area contributed by atoms with Gasteiger partial charge in [0.2, 0.25) is 0 Å². The zero-order chi connectivity index (χ0) is 17.0. The van der Waals surface area contributed by atoms with Gasteiger partial charge >= 0.3 is 0 Å². The fraction of sp³-hybridized carbons (Fsp3) is 0.278. The van der Waals surface area contributed by atoms with Crippen molar-refractivity contribution in [1.82, 2.24) is 4.90 Å². The van der Waals surface area contributed by atoms with Gasteiger partial charge in [0.25, 0.3) is 5.91 Å². The highest BCUT2D eigenvalue weighted by Gasteiger charge is 2.22. The molecule has 0 aliphatic carbocycles. The van der Waals surface area contributed by atoms with Crippen LogP contribution in [0.15, 0.2) is 42.5 Å². The highest BCUT2D eigenvalue weighted by atomic mass is 35.5. The van der Waals surface area contributed by atoms with Crippen LogP contribution in [0.4, 0.5) is 0 Å². The highest BCUT2D eigenvalue weighted by molar-refractivity contribution is 6.42. The Balaban J connectivity index is 2.29. The minimum Gasteiger partial charge on any atom is -0.497 e. The van der Waals surface area contributed by atoms with Gasteiger partial charge in [0.05, 0.1) is 23.2 Å². The van der Waals surface area contributed by atoms with Crippen molar-refractivity contribution < 1.29 is 9.53 Å². The third-order valence-electron chi connectivity index (χ3n) is 3.81. The number of ether oxygens (including phenoxy) is 1. The Kier molecular flexibility index (Phi) is 5.91. The van der Waals surface area contributed by atoms with Gasteiger partial charge in [-0.3, -0.25) is 4.79 Å². The molecule has 2 aromatic carbocycles. The predicted molar refractivity (Wildman–Crippen MR) is 94.6 cm³/mol. The quantitative estimate of drug-likeness (QED) is 0.738. The second kappa shape index (κ2) is 7.71. The van der Waals surface area contributed by atoms with Gasteiger partial charge in [-0.25, -0.2) is 0 Å². The molecule has 1 atom stereocenters. The highest BCUT2D eigenvalue weighted by Crippen LogP contribution is 2.27. The maximum absolute atomic E-state index is 12.8. The number of carbonyl (C=O) groups excluding carboxylic acids is 1. The van der Waals surface area contributed by atoms with Gasteiger partial charge in [-0.05, 0) is 49.7 Å². The first-order valence-electron chi connectivity index (χ1n) is 7.38. The Hall–Kier alpha value is -1.71. The number of carbonyl (C=O) groups is 1.